The van der Waals surface area contributed by atoms with Crippen molar-refractivity contribution in [2.24, 2.45) is 0 Å². The lowest BCUT2D eigenvalue weighted by molar-refractivity contribution is -0.142. The average molecular weight is 274 g/mol. The van der Waals surface area contributed by atoms with Gasteiger partial charge in [0.15, 0.2) is 0 Å². The molecule has 0 aliphatic rings. The molecule has 0 unspecified atom stereocenters. The van der Waals surface area contributed by atoms with Crippen LogP contribution in [0.25, 0.3) is 0 Å². The SMILES string of the molecule is CC(=O)OCc1c(Br)nc(C)c(O)c1C. The van der Waals surface area contributed by atoms with Crippen molar-refractivity contribution in [3.63, 3.8) is 0 Å². The highest BCUT2D eigenvalue weighted by Gasteiger charge is 2.13. The van der Waals surface area contributed by atoms with Gasteiger partial charge in [0.1, 0.15) is 17.0 Å². The van der Waals surface area contributed by atoms with Crippen LogP contribution in [0.4, 0.5) is 0 Å². The fraction of sp³-hybridized carbons (Fsp3) is 0.400. The number of aromatic hydroxyl groups is 1. The summed E-state index contributed by atoms with van der Waals surface area (Å²) in [7, 11) is 0. The number of halogens is 1. The lowest BCUT2D eigenvalue weighted by Gasteiger charge is -2.11. The Balaban J connectivity index is 3.07. The van der Waals surface area contributed by atoms with Gasteiger partial charge < -0.3 is 9.84 Å². The first-order chi connectivity index (χ1) is 6.93. The molecule has 1 rings (SSSR count). The second kappa shape index (κ2) is 4.61. The zero-order valence-corrected chi connectivity index (χ0v) is 10.4. The summed E-state index contributed by atoms with van der Waals surface area (Å²) in [4.78, 5) is 14.8. The normalized spacial score (nSPS) is 10.1. The molecule has 0 radical (unpaired) electrons. The van der Waals surface area contributed by atoms with Crippen molar-refractivity contribution >= 4 is 21.9 Å². The molecule has 1 N–H and O–H groups in total. The summed E-state index contributed by atoms with van der Waals surface area (Å²) in [6, 6.07) is 0. The van der Waals surface area contributed by atoms with E-state index >= 15 is 0 Å². The first-order valence-electron chi connectivity index (χ1n) is 4.41. The number of pyridine rings is 1. The van der Waals surface area contributed by atoms with Gasteiger partial charge in [-0.1, -0.05) is 0 Å². The van der Waals surface area contributed by atoms with E-state index in [0.29, 0.717) is 21.4 Å². The molecule has 0 fully saturated rings. The molecule has 0 aliphatic carbocycles. The quantitative estimate of drug-likeness (QED) is 0.663. The molecule has 0 bridgehead atoms. The number of rotatable bonds is 2. The third kappa shape index (κ3) is 2.68. The highest BCUT2D eigenvalue weighted by atomic mass is 79.9. The highest BCUT2D eigenvalue weighted by molar-refractivity contribution is 9.10. The maximum absolute atomic E-state index is 10.7. The third-order valence-corrected chi connectivity index (χ3v) is 2.74. The van der Waals surface area contributed by atoms with E-state index in [2.05, 4.69) is 20.9 Å². The van der Waals surface area contributed by atoms with Crippen molar-refractivity contribution in [3.05, 3.63) is 21.4 Å². The second-order valence-corrected chi connectivity index (χ2v) is 3.97. The molecule has 5 heteroatoms. The third-order valence-electron chi connectivity index (χ3n) is 2.09. The van der Waals surface area contributed by atoms with Crippen LogP contribution < -0.4 is 0 Å². The van der Waals surface area contributed by atoms with Crippen LogP contribution in [0.15, 0.2) is 4.60 Å². The molecule has 0 spiro atoms. The van der Waals surface area contributed by atoms with Crippen LogP contribution in [0, 0.1) is 13.8 Å². The Morgan fingerprint density at radius 3 is 2.67 bits per heavy atom. The molecular formula is C10H12BrNO3. The summed E-state index contributed by atoms with van der Waals surface area (Å²) in [5, 5.41) is 9.65. The minimum absolute atomic E-state index is 0.114. The van der Waals surface area contributed by atoms with Gasteiger partial charge in [-0.05, 0) is 29.8 Å². The molecule has 0 atom stereocenters. The number of esters is 1. The van der Waals surface area contributed by atoms with Crippen LogP contribution in [0.5, 0.6) is 5.75 Å². The van der Waals surface area contributed by atoms with E-state index in [9.17, 15) is 9.90 Å². The molecule has 1 aromatic heterocycles. The van der Waals surface area contributed by atoms with Gasteiger partial charge >= 0.3 is 5.97 Å². The molecular weight excluding hydrogens is 262 g/mol. The number of hydrogen-bond donors (Lipinski definition) is 1. The van der Waals surface area contributed by atoms with Crippen LogP contribution in [0.3, 0.4) is 0 Å². The van der Waals surface area contributed by atoms with Crippen LogP contribution in [0.1, 0.15) is 23.7 Å². The zero-order valence-electron chi connectivity index (χ0n) is 8.80. The number of carbonyl (C=O) groups is 1. The Morgan fingerprint density at radius 2 is 2.13 bits per heavy atom. The maximum Gasteiger partial charge on any atom is 0.302 e. The molecule has 4 nitrogen and oxygen atoms in total. The summed E-state index contributed by atoms with van der Waals surface area (Å²) in [5.74, 6) is -0.221. The van der Waals surface area contributed by atoms with Gasteiger partial charge in [0.2, 0.25) is 0 Å². The second-order valence-electron chi connectivity index (χ2n) is 3.22. The Kier molecular flexibility index (Phi) is 3.68. The number of hydrogen-bond acceptors (Lipinski definition) is 4. The minimum Gasteiger partial charge on any atom is -0.506 e. The fourth-order valence-electron chi connectivity index (χ4n) is 1.18. The van der Waals surface area contributed by atoms with Crippen molar-refractivity contribution in [2.75, 3.05) is 0 Å². The van der Waals surface area contributed by atoms with Gasteiger partial charge in [-0.3, -0.25) is 4.79 Å². The lowest BCUT2D eigenvalue weighted by Crippen LogP contribution is -2.03. The van der Waals surface area contributed by atoms with Gasteiger partial charge in [0.25, 0.3) is 0 Å². The molecule has 0 amide bonds. The largest absolute Gasteiger partial charge is 0.506 e. The van der Waals surface area contributed by atoms with Crippen molar-refractivity contribution in [1.29, 1.82) is 0 Å². The Labute approximate surface area is 96.4 Å². The predicted molar refractivity (Wildman–Crippen MR) is 58.5 cm³/mol. The Hall–Kier alpha value is -1.10. The minimum atomic E-state index is -0.360. The Bertz CT molecular complexity index is 404. The number of ether oxygens (including phenoxy) is 1. The average Bonchev–Trinajstić information content (AvgIpc) is 2.14. The first-order valence-corrected chi connectivity index (χ1v) is 5.20. The smallest absolute Gasteiger partial charge is 0.302 e. The molecule has 1 aromatic rings. The van der Waals surface area contributed by atoms with E-state index in [1.807, 2.05) is 0 Å². The first kappa shape index (κ1) is 12.0. The zero-order chi connectivity index (χ0) is 11.6. The van der Waals surface area contributed by atoms with Crippen LogP contribution >= 0.6 is 15.9 Å². The van der Waals surface area contributed by atoms with Crippen LogP contribution in [0.2, 0.25) is 0 Å². The topological polar surface area (TPSA) is 59.4 Å². The van der Waals surface area contributed by atoms with Gasteiger partial charge in [-0.25, -0.2) is 4.98 Å². The molecule has 0 saturated carbocycles. The molecule has 15 heavy (non-hydrogen) atoms. The lowest BCUT2D eigenvalue weighted by atomic mass is 10.1. The van der Waals surface area contributed by atoms with Gasteiger partial charge in [0, 0.05) is 18.1 Å². The predicted octanol–water partition coefficient (Wildman–Crippen LogP) is 2.23. The Morgan fingerprint density at radius 1 is 1.53 bits per heavy atom. The van der Waals surface area contributed by atoms with E-state index in [-0.39, 0.29) is 18.3 Å². The van der Waals surface area contributed by atoms with Gasteiger partial charge in [-0.15, -0.1) is 0 Å². The van der Waals surface area contributed by atoms with E-state index < -0.39 is 0 Å². The number of nitrogens with zero attached hydrogens (tertiary/aromatic N) is 1. The summed E-state index contributed by atoms with van der Waals surface area (Å²) in [6.45, 7) is 4.92. The molecule has 0 saturated heterocycles. The van der Waals surface area contributed by atoms with Crippen molar-refractivity contribution in [3.8, 4) is 5.75 Å². The van der Waals surface area contributed by atoms with E-state index in [0.717, 1.165) is 0 Å². The van der Waals surface area contributed by atoms with E-state index in [1.54, 1.807) is 13.8 Å². The number of aryl methyl sites for hydroxylation is 1. The highest BCUT2D eigenvalue weighted by Crippen LogP contribution is 2.28. The summed E-state index contributed by atoms with van der Waals surface area (Å²) in [6.07, 6.45) is 0. The summed E-state index contributed by atoms with van der Waals surface area (Å²) >= 11 is 3.27. The number of carbonyl (C=O) groups excluding carboxylic acids is 1. The fourth-order valence-corrected chi connectivity index (χ4v) is 1.86. The summed E-state index contributed by atoms with van der Waals surface area (Å²) < 4.78 is 5.46. The van der Waals surface area contributed by atoms with E-state index in [4.69, 9.17) is 4.74 Å². The van der Waals surface area contributed by atoms with Gasteiger partial charge in [-0.2, -0.15) is 0 Å². The van der Waals surface area contributed by atoms with Crippen LogP contribution in [-0.4, -0.2) is 16.1 Å². The summed E-state index contributed by atoms with van der Waals surface area (Å²) in [5.41, 5.74) is 1.91. The van der Waals surface area contributed by atoms with Crippen LogP contribution in [-0.2, 0) is 16.1 Å². The molecule has 0 aliphatic heterocycles. The van der Waals surface area contributed by atoms with Crippen molar-refractivity contribution < 1.29 is 14.6 Å². The monoisotopic (exact) mass is 273 g/mol. The van der Waals surface area contributed by atoms with Crippen molar-refractivity contribution in [1.82, 2.24) is 4.98 Å². The van der Waals surface area contributed by atoms with Crippen molar-refractivity contribution in [2.45, 2.75) is 27.4 Å². The molecule has 1 heterocycles. The number of aromatic nitrogens is 1. The molecule has 82 valence electrons. The van der Waals surface area contributed by atoms with E-state index in [1.165, 1.54) is 6.92 Å². The standard InChI is InChI=1S/C10H12BrNO3/c1-5-8(4-15-7(3)13)10(11)12-6(2)9(5)14/h14H,4H2,1-3H3. The molecule has 0 aromatic carbocycles. The maximum atomic E-state index is 10.7. The van der Waals surface area contributed by atoms with Gasteiger partial charge in [0.05, 0.1) is 5.69 Å².